The number of nitrogens with one attached hydrogen (secondary N) is 1. The van der Waals surface area contributed by atoms with Crippen LogP contribution >= 0.6 is 0 Å². The lowest BCUT2D eigenvalue weighted by molar-refractivity contribution is 0.509. The molecule has 4 aromatic rings. The molecule has 4 rings (SSSR count). The molecule has 3 heterocycles. The second kappa shape index (κ2) is 5.24. The number of H-pyrrole nitrogens is 1. The van der Waals surface area contributed by atoms with Gasteiger partial charge in [-0.05, 0) is 30.3 Å². The summed E-state index contributed by atoms with van der Waals surface area (Å²) >= 11 is 0. The molecule has 3 aromatic heterocycles. The van der Waals surface area contributed by atoms with Gasteiger partial charge in [0.05, 0.1) is 17.4 Å². The number of hydrogen-bond acceptors (Lipinski definition) is 3. The maximum atomic E-state index is 13.5. The van der Waals surface area contributed by atoms with E-state index >= 15 is 0 Å². The molecule has 0 aliphatic rings. The Hall–Kier alpha value is -3.15. The van der Waals surface area contributed by atoms with E-state index in [1.54, 1.807) is 24.7 Å². The third-order valence-electron chi connectivity index (χ3n) is 3.60. The zero-order valence-corrected chi connectivity index (χ0v) is 11.8. The van der Waals surface area contributed by atoms with E-state index < -0.39 is 11.6 Å². The highest BCUT2D eigenvalue weighted by atomic mass is 19.2. The Kier molecular flexibility index (Phi) is 3.08. The van der Waals surface area contributed by atoms with Crippen LogP contribution in [0.5, 0.6) is 0 Å². The van der Waals surface area contributed by atoms with Gasteiger partial charge in [0.1, 0.15) is 5.52 Å². The average molecular weight is 308 g/mol. The summed E-state index contributed by atoms with van der Waals surface area (Å²) in [5.41, 5.74) is 4.21. The Morgan fingerprint density at radius 1 is 0.870 bits per heavy atom. The molecule has 1 N–H and O–H groups in total. The highest BCUT2D eigenvalue weighted by Gasteiger charge is 2.12. The van der Waals surface area contributed by atoms with Crippen molar-refractivity contribution in [1.82, 2.24) is 20.2 Å². The summed E-state index contributed by atoms with van der Waals surface area (Å²) in [6.45, 7) is 0. The minimum atomic E-state index is -0.902. The maximum absolute atomic E-state index is 13.5. The van der Waals surface area contributed by atoms with E-state index in [2.05, 4.69) is 20.2 Å². The Morgan fingerprint density at radius 2 is 1.78 bits per heavy atom. The van der Waals surface area contributed by atoms with Gasteiger partial charge >= 0.3 is 0 Å². The quantitative estimate of drug-likeness (QED) is 0.609. The van der Waals surface area contributed by atoms with E-state index in [0.717, 1.165) is 34.3 Å². The number of pyridine rings is 2. The van der Waals surface area contributed by atoms with E-state index in [1.807, 2.05) is 12.1 Å². The first kappa shape index (κ1) is 13.5. The third-order valence-corrected chi connectivity index (χ3v) is 3.60. The molecular formula is C17H10F2N4. The van der Waals surface area contributed by atoms with Crippen LogP contribution in [0.2, 0.25) is 0 Å². The largest absolute Gasteiger partial charge is 0.276 e. The van der Waals surface area contributed by atoms with E-state index in [4.69, 9.17) is 0 Å². The van der Waals surface area contributed by atoms with Crippen LogP contribution in [0.3, 0.4) is 0 Å². The van der Waals surface area contributed by atoms with Crippen molar-refractivity contribution in [3.05, 3.63) is 66.6 Å². The van der Waals surface area contributed by atoms with Crippen LogP contribution in [0.15, 0.2) is 55.0 Å². The fourth-order valence-electron chi connectivity index (χ4n) is 2.49. The summed E-state index contributed by atoms with van der Waals surface area (Å²) in [6.07, 6.45) is 4.96. The molecule has 4 nitrogen and oxygen atoms in total. The van der Waals surface area contributed by atoms with Crippen molar-refractivity contribution in [3.8, 4) is 22.4 Å². The van der Waals surface area contributed by atoms with Gasteiger partial charge in [-0.2, -0.15) is 5.10 Å². The van der Waals surface area contributed by atoms with Crippen molar-refractivity contribution in [2.24, 2.45) is 0 Å². The van der Waals surface area contributed by atoms with Gasteiger partial charge < -0.3 is 0 Å². The van der Waals surface area contributed by atoms with Crippen LogP contribution in [0.25, 0.3) is 33.4 Å². The lowest BCUT2D eigenvalue weighted by Gasteiger charge is -2.09. The van der Waals surface area contributed by atoms with Gasteiger partial charge in [0.15, 0.2) is 11.6 Å². The summed E-state index contributed by atoms with van der Waals surface area (Å²) in [4.78, 5) is 8.65. The summed E-state index contributed by atoms with van der Waals surface area (Å²) in [5.74, 6) is -1.78. The van der Waals surface area contributed by atoms with E-state index in [9.17, 15) is 8.78 Å². The standard InChI is InChI=1S/C17H10F2N4/c18-13-4-3-10(6-14(13)19)17-12(2-1-5-20-17)11-7-15-16(21-8-11)9-22-23-15/h1-9H,(H,22,23). The summed E-state index contributed by atoms with van der Waals surface area (Å²) in [7, 11) is 0. The molecule has 0 atom stereocenters. The van der Waals surface area contributed by atoms with Crippen LogP contribution < -0.4 is 0 Å². The molecule has 0 spiro atoms. The van der Waals surface area contributed by atoms with Crippen LogP contribution in [0, 0.1) is 11.6 Å². The number of hydrogen-bond donors (Lipinski definition) is 1. The van der Waals surface area contributed by atoms with Crippen LogP contribution in [-0.4, -0.2) is 20.2 Å². The topological polar surface area (TPSA) is 54.5 Å². The molecule has 23 heavy (non-hydrogen) atoms. The number of halogens is 2. The van der Waals surface area contributed by atoms with Gasteiger partial charge in [-0.1, -0.05) is 6.07 Å². The molecule has 112 valence electrons. The van der Waals surface area contributed by atoms with Gasteiger partial charge in [-0.15, -0.1) is 0 Å². The van der Waals surface area contributed by atoms with Crippen molar-refractivity contribution < 1.29 is 8.78 Å². The number of benzene rings is 1. The van der Waals surface area contributed by atoms with E-state index in [1.165, 1.54) is 6.07 Å². The van der Waals surface area contributed by atoms with Crippen LogP contribution in [-0.2, 0) is 0 Å². The fraction of sp³-hybridized carbons (Fsp3) is 0. The van der Waals surface area contributed by atoms with Crippen molar-refractivity contribution in [2.45, 2.75) is 0 Å². The van der Waals surface area contributed by atoms with Gasteiger partial charge in [0.2, 0.25) is 0 Å². The van der Waals surface area contributed by atoms with Crippen molar-refractivity contribution in [3.63, 3.8) is 0 Å². The fourth-order valence-corrected chi connectivity index (χ4v) is 2.49. The van der Waals surface area contributed by atoms with Crippen molar-refractivity contribution >= 4 is 11.0 Å². The minimum Gasteiger partial charge on any atom is -0.276 e. The molecule has 0 amide bonds. The zero-order chi connectivity index (χ0) is 15.8. The molecule has 0 aliphatic carbocycles. The SMILES string of the molecule is Fc1ccc(-c2ncccc2-c2cnc3cn[nH]c3c2)cc1F. The Morgan fingerprint density at radius 3 is 2.65 bits per heavy atom. The number of fused-ring (bicyclic) bond motifs is 1. The van der Waals surface area contributed by atoms with Gasteiger partial charge in [-0.25, -0.2) is 8.78 Å². The van der Waals surface area contributed by atoms with Gasteiger partial charge in [0.25, 0.3) is 0 Å². The van der Waals surface area contributed by atoms with Crippen molar-refractivity contribution in [1.29, 1.82) is 0 Å². The first-order valence-electron chi connectivity index (χ1n) is 6.92. The molecule has 0 saturated heterocycles. The zero-order valence-electron chi connectivity index (χ0n) is 11.8. The predicted molar refractivity (Wildman–Crippen MR) is 82.5 cm³/mol. The molecule has 0 radical (unpaired) electrons. The van der Waals surface area contributed by atoms with Crippen LogP contribution in [0.1, 0.15) is 0 Å². The number of aromatic nitrogens is 4. The summed E-state index contributed by atoms with van der Waals surface area (Å²) < 4.78 is 26.7. The molecule has 0 aliphatic heterocycles. The minimum absolute atomic E-state index is 0.504. The van der Waals surface area contributed by atoms with E-state index in [0.29, 0.717) is 11.3 Å². The highest BCUT2D eigenvalue weighted by molar-refractivity contribution is 5.85. The Bertz CT molecular complexity index is 1010. The number of nitrogens with zero attached hydrogens (tertiary/aromatic N) is 3. The Balaban J connectivity index is 1.90. The van der Waals surface area contributed by atoms with Crippen molar-refractivity contribution in [2.75, 3.05) is 0 Å². The molecular weight excluding hydrogens is 298 g/mol. The number of rotatable bonds is 2. The maximum Gasteiger partial charge on any atom is 0.159 e. The average Bonchev–Trinajstić information content (AvgIpc) is 3.05. The van der Waals surface area contributed by atoms with Crippen LogP contribution in [0.4, 0.5) is 8.78 Å². The van der Waals surface area contributed by atoms with Gasteiger partial charge in [0, 0.05) is 29.1 Å². The molecule has 0 bridgehead atoms. The smallest absolute Gasteiger partial charge is 0.159 e. The normalized spacial score (nSPS) is 11.0. The molecule has 0 unspecified atom stereocenters. The molecule has 0 fully saturated rings. The molecule has 1 aromatic carbocycles. The highest BCUT2D eigenvalue weighted by Crippen LogP contribution is 2.31. The third kappa shape index (κ3) is 2.34. The molecule has 6 heteroatoms. The first-order chi connectivity index (χ1) is 11.2. The lowest BCUT2D eigenvalue weighted by atomic mass is 10.0. The monoisotopic (exact) mass is 308 g/mol. The summed E-state index contributed by atoms with van der Waals surface area (Å²) in [6, 6.07) is 9.30. The van der Waals surface area contributed by atoms with Gasteiger partial charge in [-0.3, -0.25) is 15.1 Å². The predicted octanol–water partition coefficient (Wildman–Crippen LogP) is 3.97. The lowest BCUT2D eigenvalue weighted by Crippen LogP contribution is -1.92. The Labute approximate surface area is 129 Å². The summed E-state index contributed by atoms with van der Waals surface area (Å²) in [5, 5.41) is 6.81. The van der Waals surface area contributed by atoms with E-state index in [-0.39, 0.29) is 0 Å². The second-order valence-electron chi connectivity index (χ2n) is 5.06. The molecule has 0 saturated carbocycles. The number of aromatic amines is 1. The first-order valence-corrected chi connectivity index (χ1v) is 6.92. The second-order valence-corrected chi connectivity index (χ2v) is 5.06.